The van der Waals surface area contributed by atoms with Gasteiger partial charge in [-0.15, -0.1) is 0 Å². The number of fused-ring (bicyclic) bond motifs is 10. The van der Waals surface area contributed by atoms with Gasteiger partial charge in [-0.3, -0.25) is 8.80 Å². The topological polar surface area (TPSA) is 39.0 Å². The Bertz CT molecular complexity index is 2280. The first-order valence-electron chi connectivity index (χ1n) is 13.8. The third kappa shape index (κ3) is 2.71. The van der Waals surface area contributed by atoms with Crippen LogP contribution in [-0.2, 0) is 0 Å². The molecule has 0 saturated carbocycles. The Kier molecular flexibility index (Phi) is 4.19. The zero-order valence-corrected chi connectivity index (χ0v) is 22.2. The molecule has 0 aliphatic heterocycles. The second-order valence-electron chi connectivity index (χ2n) is 11.0. The molecular formula is C35H25N5. The van der Waals surface area contributed by atoms with Crippen LogP contribution in [0, 0.1) is 0 Å². The van der Waals surface area contributed by atoms with Gasteiger partial charge in [-0.1, -0.05) is 86.6 Å². The maximum absolute atomic E-state index is 5.11. The van der Waals surface area contributed by atoms with Gasteiger partial charge in [0.2, 0.25) is 11.6 Å². The van der Waals surface area contributed by atoms with E-state index in [-0.39, 0.29) is 0 Å². The first-order valence-corrected chi connectivity index (χ1v) is 13.8. The summed E-state index contributed by atoms with van der Waals surface area (Å²) in [5.74, 6) is 2.15. The lowest BCUT2D eigenvalue weighted by molar-refractivity contribution is 0.869. The average Bonchev–Trinajstić information content (AvgIpc) is 3.72. The molecule has 0 saturated heterocycles. The Hall–Kier alpha value is -5.16. The summed E-state index contributed by atoms with van der Waals surface area (Å²) in [4.78, 5) is 10.2. The van der Waals surface area contributed by atoms with Crippen molar-refractivity contribution in [2.45, 2.75) is 19.8 Å². The molecule has 4 heterocycles. The van der Waals surface area contributed by atoms with Crippen molar-refractivity contribution < 1.29 is 0 Å². The van der Waals surface area contributed by atoms with E-state index < -0.39 is 0 Å². The number of rotatable bonds is 3. The summed E-state index contributed by atoms with van der Waals surface area (Å²) in [7, 11) is 0. The monoisotopic (exact) mass is 515 g/mol. The molecule has 190 valence electrons. The molecule has 0 spiro atoms. The van der Waals surface area contributed by atoms with Crippen molar-refractivity contribution in [3.8, 4) is 22.3 Å². The van der Waals surface area contributed by atoms with E-state index in [4.69, 9.17) is 9.97 Å². The number of aromatic nitrogens is 5. The minimum Gasteiger partial charge on any atom is -0.276 e. The highest BCUT2D eigenvalue weighted by atomic mass is 15.3. The Morgan fingerprint density at radius 1 is 0.525 bits per heavy atom. The highest BCUT2D eigenvalue weighted by molar-refractivity contribution is 6.07. The molecule has 0 unspecified atom stereocenters. The number of benzene rings is 5. The average molecular weight is 516 g/mol. The number of imidazole rings is 4. The van der Waals surface area contributed by atoms with Crippen LogP contribution in [0.2, 0.25) is 0 Å². The van der Waals surface area contributed by atoms with Crippen LogP contribution in [0.1, 0.15) is 25.3 Å². The van der Waals surface area contributed by atoms with Crippen LogP contribution in [0.15, 0.2) is 109 Å². The van der Waals surface area contributed by atoms with Gasteiger partial charge in [-0.25, -0.2) is 14.4 Å². The summed E-state index contributed by atoms with van der Waals surface area (Å²) < 4.78 is 6.85. The standard InChI is InChI=1S/C35H25N5/c1-21(2)24-13-10-14-25(22-11-4-3-5-12-22)32(24)23-19-30-33-31(20-23)39-29-18-9-7-16-27(29)37-35(39)40(33)34-36-26-15-6-8-17-28(26)38(30)34/h3-21H,1-2H3. The van der Waals surface area contributed by atoms with Crippen molar-refractivity contribution in [2.75, 3.05) is 0 Å². The molecule has 0 fully saturated rings. The van der Waals surface area contributed by atoms with E-state index in [0.29, 0.717) is 5.92 Å². The molecule has 5 nitrogen and oxygen atoms in total. The van der Waals surface area contributed by atoms with Crippen LogP contribution >= 0.6 is 0 Å². The Labute approximate surface area is 229 Å². The van der Waals surface area contributed by atoms with Gasteiger partial charge in [0.05, 0.1) is 33.1 Å². The van der Waals surface area contributed by atoms with Crippen LogP contribution in [0.25, 0.3) is 72.4 Å². The zero-order valence-electron chi connectivity index (χ0n) is 22.2. The van der Waals surface area contributed by atoms with E-state index in [2.05, 4.69) is 136 Å². The van der Waals surface area contributed by atoms with Crippen LogP contribution in [0.4, 0.5) is 0 Å². The van der Waals surface area contributed by atoms with Gasteiger partial charge in [0.1, 0.15) is 5.52 Å². The molecule has 4 aromatic heterocycles. The van der Waals surface area contributed by atoms with Crippen molar-refractivity contribution in [2.24, 2.45) is 0 Å². The zero-order chi connectivity index (χ0) is 26.5. The van der Waals surface area contributed by atoms with E-state index in [0.717, 1.165) is 50.2 Å². The lowest BCUT2D eigenvalue weighted by atomic mass is 9.86. The fourth-order valence-electron chi connectivity index (χ4n) is 6.64. The molecule has 0 atom stereocenters. The van der Waals surface area contributed by atoms with Crippen molar-refractivity contribution in [3.63, 3.8) is 0 Å². The molecule has 0 radical (unpaired) electrons. The molecule has 0 aliphatic rings. The van der Waals surface area contributed by atoms with Gasteiger partial charge in [-0.2, -0.15) is 0 Å². The van der Waals surface area contributed by atoms with E-state index in [1.165, 1.54) is 27.8 Å². The lowest BCUT2D eigenvalue weighted by Crippen LogP contribution is -1.96. The molecule has 5 heteroatoms. The van der Waals surface area contributed by atoms with Crippen LogP contribution in [0.3, 0.4) is 0 Å². The molecule has 0 bridgehead atoms. The summed E-state index contributed by atoms with van der Waals surface area (Å²) in [5, 5.41) is 0. The smallest absolute Gasteiger partial charge is 0.223 e. The number of hydrogen-bond donors (Lipinski definition) is 0. The summed E-state index contributed by atoms with van der Waals surface area (Å²) in [6, 6.07) is 39.0. The molecule has 0 aliphatic carbocycles. The lowest BCUT2D eigenvalue weighted by Gasteiger charge is -2.18. The van der Waals surface area contributed by atoms with Gasteiger partial charge < -0.3 is 0 Å². The Morgan fingerprint density at radius 2 is 1.10 bits per heavy atom. The fourth-order valence-corrected chi connectivity index (χ4v) is 6.64. The van der Waals surface area contributed by atoms with Gasteiger partial charge in [-0.05, 0) is 70.1 Å². The second kappa shape index (κ2) is 7.70. The molecule has 40 heavy (non-hydrogen) atoms. The Balaban J connectivity index is 1.52. The number of para-hydroxylation sites is 4. The summed E-state index contributed by atoms with van der Waals surface area (Å²) in [6.45, 7) is 4.56. The predicted molar refractivity (Wildman–Crippen MR) is 164 cm³/mol. The normalized spacial score (nSPS) is 12.5. The molecule has 9 rings (SSSR count). The maximum Gasteiger partial charge on any atom is 0.223 e. The quantitative estimate of drug-likeness (QED) is 0.236. The van der Waals surface area contributed by atoms with Crippen molar-refractivity contribution in [1.82, 2.24) is 23.2 Å². The predicted octanol–water partition coefficient (Wildman–Crippen LogP) is 8.59. The first-order chi connectivity index (χ1) is 19.7. The van der Waals surface area contributed by atoms with Crippen molar-refractivity contribution in [1.29, 1.82) is 0 Å². The van der Waals surface area contributed by atoms with Crippen molar-refractivity contribution in [3.05, 3.63) is 115 Å². The van der Waals surface area contributed by atoms with Crippen LogP contribution in [-0.4, -0.2) is 23.2 Å². The van der Waals surface area contributed by atoms with Gasteiger partial charge >= 0.3 is 0 Å². The van der Waals surface area contributed by atoms with E-state index in [9.17, 15) is 0 Å². The second-order valence-corrected chi connectivity index (χ2v) is 11.0. The van der Waals surface area contributed by atoms with Crippen molar-refractivity contribution >= 4 is 50.2 Å². The maximum atomic E-state index is 5.11. The minimum atomic E-state index is 0.367. The SMILES string of the molecule is CC(C)c1cccc(-c2ccccc2)c1-c1cc2c3c(c1)n1c4ccccc4nc1n3c1nc3ccccc3n21. The molecule has 9 aromatic rings. The van der Waals surface area contributed by atoms with E-state index >= 15 is 0 Å². The summed E-state index contributed by atoms with van der Waals surface area (Å²) >= 11 is 0. The molecule has 0 amide bonds. The van der Waals surface area contributed by atoms with Gasteiger partial charge in [0.15, 0.2) is 0 Å². The van der Waals surface area contributed by atoms with Crippen LogP contribution in [0.5, 0.6) is 0 Å². The van der Waals surface area contributed by atoms with E-state index in [1.54, 1.807) is 0 Å². The summed E-state index contributed by atoms with van der Waals surface area (Å²) in [6.07, 6.45) is 0. The Morgan fingerprint density at radius 3 is 1.70 bits per heavy atom. The molecular weight excluding hydrogens is 490 g/mol. The van der Waals surface area contributed by atoms with Crippen LogP contribution < -0.4 is 0 Å². The first kappa shape index (κ1) is 21.7. The van der Waals surface area contributed by atoms with Gasteiger partial charge in [0.25, 0.3) is 0 Å². The number of nitrogens with zero attached hydrogens (tertiary/aromatic N) is 5. The minimum absolute atomic E-state index is 0.367. The summed E-state index contributed by atoms with van der Waals surface area (Å²) in [5.41, 5.74) is 13.9. The third-order valence-electron chi connectivity index (χ3n) is 8.35. The van der Waals surface area contributed by atoms with E-state index in [1.807, 2.05) is 0 Å². The third-order valence-corrected chi connectivity index (χ3v) is 8.35. The largest absolute Gasteiger partial charge is 0.276 e. The molecule has 5 aromatic carbocycles. The molecule has 0 N–H and O–H groups in total. The fraction of sp³-hybridized carbons (Fsp3) is 0.0857. The highest BCUT2D eigenvalue weighted by Gasteiger charge is 2.25. The number of hydrogen-bond acceptors (Lipinski definition) is 2. The highest BCUT2D eigenvalue weighted by Crippen LogP contribution is 2.42. The van der Waals surface area contributed by atoms with Gasteiger partial charge in [0, 0.05) is 0 Å².